The van der Waals surface area contributed by atoms with E-state index in [1.54, 1.807) is 23.4 Å². The van der Waals surface area contributed by atoms with E-state index in [0.29, 0.717) is 32.1 Å². The normalized spacial score (nSPS) is 14.2. The summed E-state index contributed by atoms with van der Waals surface area (Å²) < 4.78 is 0. The predicted molar refractivity (Wildman–Crippen MR) is 100.0 cm³/mol. The van der Waals surface area contributed by atoms with Gasteiger partial charge in [-0.3, -0.25) is 9.59 Å². The van der Waals surface area contributed by atoms with Crippen molar-refractivity contribution in [1.29, 1.82) is 0 Å². The van der Waals surface area contributed by atoms with Gasteiger partial charge in [0.15, 0.2) is 0 Å². The Balaban J connectivity index is 1.51. The number of nitrogens with one attached hydrogen (secondary N) is 1. The molecule has 7 nitrogen and oxygen atoms in total. The second kappa shape index (κ2) is 7.95. The molecule has 0 unspecified atom stereocenters. The molecule has 0 bridgehead atoms. The molecule has 1 fully saturated rings. The molecule has 1 N–H and O–H groups in total. The summed E-state index contributed by atoms with van der Waals surface area (Å²) in [7, 11) is 0. The zero-order valence-corrected chi connectivity index (χ0v) is 15.1. The van der Waals surface area contributed by atoms with Crippen LogP contribution in [0, 0.1) is 13.8 Å². The number of hydrogen-bond acceptors (Lipinski definition) is 5. The van der Waals surface area contributed by atoms with E-state index in [2.05, 4.69) is 15.3 Å². The summed E-state index contributed by atoms with van der Waals surface area (Å²) >= 11 is 0. The number of piperazine rings is 1. The molecule has 1 aliphatic rings. The van der Waals surface area contributed by atoms with Crippen LogP contribution in [-0.4, -0.2) is 52.9 Å². The van der Waals surface area contributed by atoms with Gasteiger partial charge in [-0.25, -0.2) is 9.97 Å². The van der Waals surface area contributed by atoms with Crippen molar-refractivity contribution in [3.05, 3.63) is 47.8 Å². The molecular weight excluding hydrogens is 330 g/mol. The molecule has 2 aromatic rings. The molecule has 1 aliphatic heterocycles. The lowest BCUT2D eigenvalue weighted by atomic mass is 10.1. The number of anilines is 2. The SMILES string of the molecule is Cc1cccc(NC(=O)CC(=O)N2CCN(c3ncccn3)CC2)c1C. The molecule has 2 heterocycles. The largest absolute Gasteiger partial charge is 0.339 e. The summed E-state index contributed by atoms with van der Waals surface area (Å²) in [4.78, 5) is 36.9. The number of aromatic nitrogens is 2. The minimum Gasteiger partial charge on any atom is -0.339 e. The van der Waals surface area contributed by atoms with Crippen molar-refractivity contribution in [3.8, 4) is 0 Å². The number of benzene rings is 1. The van der Waals surface area contributed by atoms with E-state index in [1.807, 2.05) is 36.9 Å². The van der Waals surface area contributed by atoms with E-state index in [4.69, 9.17) is 0 Å². The maximum Gasteiger partial charge on any atom is 0.233 e. The lowest BCUT2D eigenvalue weighted by Crippen LogP contribution is -2.49. The number of aryl methyl sites for hydroxylation is 1. The fourth-order valence-corrected chi connectivity index (χ4v) is 2.94. The Morgan fingerprint density at radius 3 is 2.42 bits per heavy atom. The minimum absolute atomic E-state index is 0.144. The van der Waals surface area contributed by atoms with Crippen molar-refractivity contribution in [3.63, 3.8) is 0 Å². The van der Waals surface area contributed by atoms with E-state index in [0.717, 1.165) is 16.8 Å². The third-order valence-corrected chi connectivity index (χ3v) is 4.66. The van der Waals surface area contributed by atoms with E-state index < -0.39 is 0 Å². The highest BCUT2D eigenvalue weighted by atomic mass is 16.2. The second-order valence-corrected chi connectivity index (χ2v) is 6.39. The first kappa shape index (κ1) is 17.8. The van der Waals surface area contributed by atoms with Crippen LogP contribution in [0.4, 0.5) is 11.6 Å². The zero-order valence-electron chi connectivity index (χ0n) is 15.1. The van der Waals surface area contributed by atoms with Gasteiger partial charge in [-0.2, -0.15) is 0 Å². The van der Waals surface area contributed by atoms with Gasteiger partial charge < -0.3 is 15.1 Å². The Kier molecular flexibility index (Phi) is 5.46. The lowest BCUT2D eigenvalue weighted by Gasteiger charge is -2.34. The smallest absolute Gasteiger partial charge is 0.233 e. The van der Waals surface area contributed by atoms with Gasteiger partial charge in [0.25, 0.3) is 0 Å². The molecular formula is C19H23N5O2. The van der Waals surface area contributed by atoms with Gasteiger partial charge in [0.05, 0.1) is 0 Å². The molecule has 1 saturated heterocycles. The summed E-state index contributed by atoms with van der Waals surface area (Å²) in [5.74, 6) is 0.242. The molecule has 1 aromatic carbocycles. The topological polar surface area (TPSA) is 78.4 Å². The third kappa shape index (κ3) is 4.17. The number of rotatable bonds is 4. The van der Waals surface area contributed by atoms with Crippen LogP contribution in [0.3, 0.4) is 0 Å². The predicted octanol–water partition coefficient (Wildman–Crippen LogP) is 1.77. The van der Waals surface area contributed by atoms with Crippen molar-refractivity contribution >= 4 is 23.5 Å². The molecule has 0 radical (unpaired) electrons. The molecule has 0 aliphatic carbocycles. The van der Waals surface area contributed by atoms with Crippen LogP contribution in [-0.2, 0) is 9.59 Å². The second-order valence-electron chi connectivity index (χ2n) is 6.39. The van der Waals surface area contributed by atoms with Crippen LogP contribution in [0.5, 0.6) is 0 Å². The Bertz CT molecular complexity index is 786. The Labute approximate surface area is 153 Å². The first-order chi connectivity index (χ1) is 12.5. The number of hydrogen-bond donors (Lipinski definition) is 1. The summed E-state index contributed by atoms with van der Waals surface area (Å²) in [6.45, 7) is 6.40. The third-order valence-electron chi connectivity index (χ3n) is 4.66. The summed E-state index contributed by atoms with van der Waals surface area (Å²) in [6, 6.07) is 7.51. The van der Waals surface area contributed by atoms with Gasteiger partial charge in [-0.15, -0.1) is 0 Å². The summed E-state index contributed by atoms with van der Waals surface area (Å²) in [5, 5.41) is 2.84. The van der Waals surface area contributed by atoms with E-state index >= 15 is 0 Å². The summed E-state index contributed by atoms with van der Waals surface area (Å²) in [5.41, 5.74) is 2.88. The van der Waals surface area contributed by atoms with Crippen molar-refractivity contribution in [2.75, 3.05) is 36.4 Å². The molecule has 0 atom stereocenters. The fraction of sp³-hybridized carbons (Fsp3) is 0.368. The van der Waals surface area contributed by atoms with E-state index in [9.17, 15) is 9.59 Å². The van der Waals surface area contributed by atoms with Crippen LogP contribution in [0.25, 0.3) is 0 Å². The number of carbonyl (C=O) groups is 2. The van der Waals surface area contributed by atoms with Gasteiger partial charge in [0.2, 0.25) is 17.8 Å². The maximum atomic E-state index is 12.4. The quantitative estimate of drug-likeness (QED) is 0.848. The molecule has 1 aromatic heterocycles. The average Bonchev–Trinajstić information content (AvgIpc) is 2.66. The van der Waals surface area contributed by atoms with Crippen molar-refractivity contribution in [2.45, 2.75) is 20.3 Å². The first-order valence-corrected chi connectivity index (χ1v) is 8.70. The van der Waals surface area contributed by atoms with E-state index in [1.165, 1.54) is 0 Å². The first-order valence-electron chi connectivity index (χ1n) is 8.70. The van der Waals surface area contributed by atoms with Crippen LogP contribution < -0.4 is 10.2 Å². The highest BCUT2D eigenvalue weighted by molar-refractivity contribution is 6.04. The Morgan fingerprint density at radius 2 is 1.73 bits per heavy atom. The van der Waals surface area contributed by atoms with Crippen LogP contribution >= 0.6 is 0 Å². The van der Waals surface area contributed by atoms with Gasteiger partial charge in [-0.1, -0.05) is 12.1 Å². The van der Waals surface area contributed by atoms with Crippen LogP contribution in [0.2, 0.25) is 0 Å². The zero-order chi connectivity index (χ0) is 18.5. The highest BCUT2D eigenvalue weighted by Gasteiger charge is 2.24. The van der Waals surface area contributed by atoms with Crippen LogP contribution in [0.1, 0.15) is 17.5 Å². The maximum absolute atomic E-state index is 12.4. The molecule has 26 heavy (non-hydrogen) atoms. The molecule has 0 saturated carbocycles. The average molecular weight is 353 g/mol. The van der Waals surface area contributed by atoms with E-state index in [-0.39, 0.29) is 18.2 Å². The molecule has 2 amide bonds. The van der Waals surface area contributed by atoms with Crippen molar-refractivity contribution in [1.82, 2.24) is 14.9 Å². The van der Waals surface area contributed by atoms with Crippen LogP contribution in [0.15, 0.2) is 36.7 Å². The Hall–Kier alpha value is -2.96. The highest BCUT2D eigenvalue weighted by Crippen LogP contribution is 2.18. The summed E-state index contributed by atoms with van der Waals surface area (Å²) in [6.07, 6.45) is 3.27. The standard InChI is InChI=1S/C19H23N5O2/c1-14-5-3-6-16(15(14)2)22-17(25)13-18(26)23-9-11-24(12-10-23)19-20-7-4-8-21-19/h3-8H,9-13H2,1-2H3,(H,22,25). The molecule has 0 spiro atoms. The molecule has 136 valence electrons. The fourth-order valence-electron chi connectivity index (χ4n) is 2.94. The minimum atomic E-state index is -0.280. The number of nitrogens with zero attached hydrogens (tertiary/aromatic N) is 4. The van der Waals surface area contributed by atoms with Gasteiger partial charge in [-0.05, 0) is 37.1 Å². The molecule has 7 heteroatoms. The van der Waals surface area contributed by atoms with Gasteiger partial charge in [0, 0.05) is 44.3 Å². The Morgan fingerprint density at radius 1 is 1.04 bits per heavy atom. The van der Waals surface area contributed by atoms with Gasteiger partial charge in [0.1, 0.15) is 6.42 Å². The monoisotopic (exact) mass is 353 g/mol. The number of carbonyl (C=O) groups excluding carboxylic acids is 2. The molecule has 3 rings (SSSR count). The van der Waals surface area contributed by atoms with Gasteiger partial charge >= 0.3 is 0 Å². The van der Waals surface area contributed by atoms with Crippen molar-refractivity contribution < 1.29 is 9.59 Å². The lowest BCUT2D eigenvalue weighted by molar-refractivity contribution is -0.134. The number of amides is 2. The van der Waals surface area contributed by atoms with Crippen molar-refractivity contribution in [2.24, 2.45) is 0 Å².